The second-order valence-electron chi connectivity index (χ2n) is 5.62. The summed E-state index contributed by atoms with van der Waals surface area (Å²) in [5.74, 6) is 1.63. The zero-order valence-corrected chi connectivity index (χ0v) is 14.2. The Morgan fingerprint density at radius 3 is 2.65 bits per heavy atom. The van der Waals surface area contributed by atoms with Crippen molar-refractivity contribution in [1.82, 2.24) is 15.6 Å². The summed E-state index contributed by atoms with van der Waals surface area (Å²) in [5.41, 5.74) is 1.16. The van der Waals surface area contributed by atoms with Gasteiger partial charge >= 0.3 is 0 Å². The molecule has 0 amide bonds. The van der Waals surface area contributed by atoms with Gasteiger partial charge in [0.25, 0.3) is 0 Å². The molecule has 0 fully saturated rings. The number of hydrogen-bond acceptors (Lipinski definition) is 3. The molecule has 0 saturated carbocycles. The van der Waals surface area contributed by atoms with E-state index in [1.54, 1.807) is 11.3 Å². The lowest BCUT2D eigenvalue weighted by Gasteiger charge is -2.18. The Hall–Kier alpha value is -1.10. The van der Waals surface area contributed by atoms with E-state index in [2.05, 4.69) is 46.8 Å². The number of aliphatic imine (C=N–C) groups is 1. The van der Waals surface area contributed by atoms with E-state index in [0.29, 0.717) is 6.04 Å². The van der Waals surface area contributed by atoms with Crippen LogP contribution in [-0.4, -0.2) is 30.6 Å². The van der Waals surface area contributed by atoms with Crippen LogP contribution in [0.25, 0.3) is 0 Å². The van der Waals surface area contributed by atoms with E-state index in [4.69, 9.17) is 0 Å². The number of aryl methyl sites for hydroxylation is 1. The number of thiazole rings is 1. The van der Waals surface area contributed by atoms with Crippen LogP contribution < -0.4 is 10.6 Å². The summed E-state index contributed by atoms with van der Waals surface area (Å²) in [7, 11) is 1.82. The normalized spacial score (nSPS) is 13.6. The van der Waals surface area contributed by atoms with Crippen molar-refractivity contribution >= 4 is 17.3 Å². The average Bonchev–Trinajstić information content (AvgIpc) is 2.81. The van der Waals surface area contributed by atoms with E-state index in [0.717, 1.165) is 35.5 Å². The SMILES string of the molecule is CN=C(NCCc1csc(C)n1)NC(C)CCC(C)C. The second-order valence-corrected chi connectivity index (χ2v) is 6.69. The van der Waals surface area contributed by atoms with Crippen LogP contribution in [0.2, 0.25) is 0 Å². The highest BCUT2D eigenvalue weighted by Crippen LogP contribution is 2.08. The molecule has 2 N–H and O–H groups in total. The molecule has 0 saturated heterocycles. The van der Waals surface area contributed by atoms with Crippen LogP contribution in [0.4, 0.5) is 0 Å². The van der Waals surface area contributed by atoms with Gasteiger partial charge in [0.1, 0.15) is 0 Å². The molecule has 1 unspecified atom stereocenters. The molecule has 1 aromatic rings. The molecule has 1 rings (SSSR count). The number of rotatable bonds is 7. The number of aromatic nitrogens is 1. The fourth-order valence-electron chi connectivity index (χ4n) is 1.92. The molecule has 0 aliphatic carbocycles. The van der Waals surface area contributed by atoms with Crippen molar-refractivity contribution in [3.05, 3.63) is 16.1 Å². The van der Waals surface area contributed by atoms with Gasteiger partial charge in [-0.2, -0.15) is 0 Å². The highest BCUT2D eigenvalue weighted by molar-refractivity contribution is 7.09. The third-order valence-corrected chi connectivity index (χ3v) is 3.95. The molecule has 0 aromatic carbocycles. The van der Waals surface area contributed by atoms with E-state index < -0.39 is 0 Å². The Morgan fingerprint density at radius 2 is 2.10 bits per heavy atom. The van der Waals surface area contributed by atoms with Gasteiger partial charge in [0, 0.05) is 31.4 Å². The summed E-state index contributed by atoms with van der Waals surface area (Å²) >= 11 is 1.70. The number of nitrogens with one attached hydrogen (secondary N) is 2. The van der Waals surface area contributed by atoms with Crippen molar-refractivity contribution in [2.45, 2.75) is 53.0 Å². The first-order chi connectivity index (χ1) is 9.51. The first-order valence-electron chi connectivity index (χ1n) is 7.39. The summed E-state index contributed by atoms with van der Waals surface area (Å²) in [5, 5.41) is 10.0. The summed E-state index contributed by atoms with van der Waals surface area (Å²) < 4.78 is 0. The molecule has 1 atom stereocenters. The molecular weight excluding hydrogens is 268 g/mol. The lowest BCUT2D eigenvalue weighted by atomic mass is 10.0. The molecule has 0 radical (unpaired) electrons. The first kappa shape index (κ1) is 17.0. The van der Waals surface area contributed by atoms with Crippen LogP contribution >= 0.6 is 11.3 Å². The van der Waals surface area contributed by atoms with Crippen LogP contribution in [0.5, 0.6) is 0 Å². The lowest BCUT2D eigenvalue weighted by molar-refractivity contribution is 0.489. The Labute approximate surface area is 127 Å². The minimum atomic E-state index is 0.449. The predicted octanol–water partition coefficient (Wildman–Crippen LogP) is 2.98. The summed E-state index contributed by atoms with van der Waals surface area (Å²) in [4.78, 5) is 8.73. The number of nitrogens with zero attached hydrogens (tertiary/aromatic N) is 2. The third-order valence-electron chi connectivity index (χ3n) is 3.12. The molecule has 5 heteroatoms. The van der Waals surface area contributed by atoms with E-state index in [1.807, 2.05) is 14.0 Å². The van der Waals surface area contributed by atoms with Gasteiger partial charge in [0.2, 0.25) is 0 Å². The molecule has 0 bridgehead atoms. The molecule has 114 valence electrons. The van der Waals surface area contributed by atoms with Crippen molar-refractivity contribution in [3.63, 3.8) is 0 Å². The fraction of sp³-hybridized carbons (Fsp3) is 0.733. The molecule has 1 aromatic heterocycles. The molecular formula is C15H28N4S. The molecule has 1 heterocycles. The van der Waals surface area contributed by atoms with Crippen molar-refractivity contribution in [2.24, 2.45) is 10.9 Å². The van der Waals surface area contributed by atoms with E-state index >= 15 is 0 Å². The molecule has 20 heavy (non-hydrogen) atoms. The van der Waals surface area contributed by atoms with Crippen LogP contribution in [0.3, 0.4) is 0 Å². The summed E-state index contributed by atoms with van der Waals surface area (Å²) in [6.07, 6.45) is 3.35. The zero-order chi connectivity index (χ0) is 15.0. The standard InChI is InChI=1S/C15H28N4S/c1-11(2)6-7-12(3)18-15(16-5)17-9-8-14-10-20-13(4)19-14/h10-12H,6-9H2,1-5H3,(H2,16,17,18). The van der Waals surface area contributed by atoms with Gasteiger partial charge in [-0.25, -0.2) is 4.98 Å². The van der Waals surface area contributed by atoms with Crippen LogP contribution in [0, 0.1) is 12.8 Å². The lowest BCUT2D eigenvalue weighted by Crippen LogP contribution is -2.43. The monoisotopic (exact) mass is 296 g/mol. The van der Waals surface area contributed by atoms with E-state index in [-0.39, 0.29) is 0 Å². The van der Waals surface area contributed by atoms with Gasteiger partial charge in [-0.1, -0.05) is 13.8 Å². The van der Waals surface area contributed by atoms with Gasteiger partial charge in [-0.15, -0.1) is 11.3 Å². The Bertz CT molecular complexity index is 412. The number of hydrogen-bond donors (Lipinski definition) is 2. The summed E-state index contributed by atoms with van der Waals surface area (Å²) in [6.45, 7) is 9.63. The highest BCUT2D eigenvalue weighted by atomic mass is 32.1. The molecule has 0 aliphatic heterocycles. The van der Waals surface area contributed by atoms with Crippen LogP contribution in [0.15, 0.2) is 10.4 Å². The van der Waals surface area contributed by atoms with Crippen molar-refractivity contribution in [2.75, 3.05) is 13.6 Å². The minimum Gasteiger partial charge on any atom is -0.356 e. The third kappa shape index (κ3) is 6.89. The van der Waals surface area contributed by atoms with Crippen LogP contribution in [-0.2, 0) is 6.42 Å². The zero-order valence-electron chi connectivity index (χ0n) is 13.4. The number of guanidine groups is 1. The minimum absolute atomic E-state index is 0.449. The van der Waals surface area contributed by atoms with Gasteiger partial charge in [0.15, 0.2) is 5.96 Å². The first-order valence-corrected chi connectivity index (χ1v) is 8.27. The molecule has 0 aliphatic rings. The van der Waals surface area contributed by atoms with Gasteiger partial charge < -0.3 is 10.6 Å². The van der Waals surface area contributed by atoms with Crippen LogP contribution in [0.1, 0.15) is 44.3 Å². The summed E-state index contributed by atoms with van der Waals surface area (Å²) in [6, 6.07) is 0.449. The van der Waals surface area contributed by atoms with Crippen molar-refractivity contribution < 1.29 is 0 Å². The van der Waals surface area contributed by atoms with Gasteiger partial charge in [-0.05, 0) is 32.6 Å². The Kier molecular flexibility index (Phi) is 7.59. The fourth-order valence-corrected chi connectivity index (χ4v) is 2.56. The largest absolute Gasteiger partial charge is 0.356 e. The van der Waals surface area contributed by atoms with Gasteiger partial charge in [0.05, 0.1) is 10.7 Å². The topological polar surface area (TPSA) is 49.3 Å². The second kappa shape index (κ2) is 8.95. The molecule has 4 nitrogen and oxygen atoms in total. The van der Waals surface area contributed by atoms with Crippen molar-refractivity contribution in [1.29, 1.82) is 0 Å². The van der Waals surface area contributed by atoms with E-state index in [1.165, 1.54) is 12.8 Å². The van der Waals surface area contributed by atoms with Gasteiger partial charge in [-0.3, -0.25) is 4.99 Å². The Balaban J connectivity index is 2.25. The van der Waals surface area contributed by atoms with E-state index in [9.17, 15) is 0 Å². The molecule has 0 spiro atoms. The average molecular weight is 296 g/mol. The smallest absolute Gasteiger partial charge is 0.191 e. The maximum atomic E-state index is 4.46. The Morgan fingerprint density at radius 1 is 1.35 bits per heavy atom. The maximum Gasteiger partial charge on any atom is 0.191 e. The highest BCUT2D eigenvalue weighted by Gasteiger charge is 2.06. The predicted molar refractivity (Wildman–Crippen MR) is 88.6 cm³/mol. The quantitative estimate of drug-likeness (QED) is 0.601. The van der Waals surface area contributed by atoms with Crippen molar-refractivity contribution in [3.8, 4) is 0 Å². The maximum absolute atomic E-state index is 4.46.